The van der Waals surface area contributed by atoms with Crippen LogP contribution in [0.4, 0.5) is 0 Å². The lowest BCUT2D eigenvalue weighted by atomic mass is 10.2. The first-order chi connectivity index (χ1) is 8.68. The van der Waals surface area contributed by atoms with Crippen LogP contribution in [0.25, 0.3) is 16.6 Å². The van der Waals surface area contributed by atoms with E-state index in [1.54, 1.807) is 24.3 Å². The fourth-order valence-electron chi connectivity index (χ4n) is 1.89. The molecule has 0 unspecified atom stereocenters. The maximum Gasteiger partial charge on any atom is 0.279 e. The van der Waals surface area contributed by atoms with Gasteiger partial charge in [-0.15, -0.1) is 0 Å². The van der Waals surface area contributed by atoms with Gasteiger partial charge < -0.3 is 0 Å². The van der Waals surface area contributed by atoms with E-state index in [-0.39, 0.29) is 5.56 Å². The summed E-state index contributed by atoms with van der Waals surface area (Å²) in [7, 11) is 0. The first-order valence-electron chi connectivity index (χ1n) is 5.32. The lowest BCUT2D eigenvalue weighted by Gasteiger charge is -2.05. The molecular formula is C13H8Cl2N2O. The second-order valence-corrected chi connectivity index (χ2v) is 4.66. The zero-order chi connectivity index (χ0) is 12.7. The molecule has 0 amide bonds. The van der Waals surface area contributed by atoms with Crippen molar-refractivity contribution < 1.29 is 0 Å². The topological polar surface area (TPSA) is 37.8 Å². The molecule has 1 N–H and O–H groups in total. The normalized spacial score (nSPS) is 11.0. The number of H-pyrrole nitrogens is 1. The first-order valence-corrected chi connectivity index (χ1v) is 6.08. The van der Waals surface area contributed by atoms with Crippen LogP contribution in [-0.4, -0.2) is 9.78 Å². The number of nitrogens with one attached hydrogen (secondary N) is 1. The van der Waals surface area contributed by atoms with Crippen molar-refractivity contribution in [3.05, 3.63) is 62.9 Å². The predicted octanol–water partition coefficient (Wildman–Crippen LogP) is 3.63. The van der Waals surface area contributed by atoms with Crippen LogP contribution in [-0.2, 0) is 0 Å². The third-order valence-electron chi connectivity index (χ3n) is 2.76. The summed E-state index contributed by atoms with van der Waals surface area (Å²) in [5.41, 5.74) is 1.17. The third kappa shape index (κ3) is 1.64. The van der Waals surface area contributed by atoms with Crippen molar-refractivity contribution in [1.82, 2.24) is 9.78 Å². The van der Waals surface area contributed by atoms with Gasteiger partial charge in [-0.1, -0.05) is 41.4 Å². The Hall–Kier alpha value is -1.71. The highest BCUT2D eigenvalue weighted by Crippen LogP contribution is 2.27. The van der Waals surface area contributed by atoms with Crippen molar-refractivity contribution in [3.63, 3.8) is 0 Å². The summed E-state index contributed by atoms with van der Waals surface area (Å²) in [5.74, 6) is 0. The van der Waals surface area contributed by atoms with Crippen LogP contribution in [0.1, 0.15) is 0 Å². The van der Waals surface area contributed by atoms with E-state index in [1.165, 1.54) is 4.68 Å². The van der Waals surface area contributed by atoms with Crippen LogP contribution >= 0.6 is 23.2 Å². The Morgan fingerprint density at radius 2 is 1.78 bits per heavy atom. The van der Waals surface area contributed by atoms with E-state index in [0.717, 1.165) is 5.52 Å². The minimum atomic E-state index is -0.144. The number of halogens is 2. The quantitative estimate of drug-likeness (QED) is 0.725. The molecule has 3 aromatic rings. The van der Waals surface area contributed by atoms with Gasteiger partial charge >= 0.3 is 0 Å². The van der Waals surface area contributed by atoms with Gasteiger partial charge in [0.1, 0.15) is 0 Å². The molecule has 2 aromatic carbocycles. The van der Waals surface area contributed by atoms with Crippen LogP contribution in [0.5, 0.6) is 0 Å². The van der Waals surface area contributed by atoms with Crippen LogP contribution in [0.2, 0.25) is 10.0 Å². The maximum absolute atomic E-state index is 12.2. The average molecular weight is 279 g/mol. The van der Waals surface area contributed by atoms with Gasteiger partial charge in [-0.2, -0.15) is 0 Å². The van der Waals surface area contributed by atoms with Crippen molar-refractivity contribution in [2.75, 3.05) is 0 Å². The number of benzene rings is 2. The Morgan fingerprint density at radius 1 is 1.00 bits per heavy atom. The summed E-state index contributed by atoms with van der Waals surface area (Å²) >= 11 is 12.1. The highest BCUT2D eigenvalue weighted by molar-refractivity contribution is 6.43. The minimum absolute atomic E-state index is 0.144. The summed E-state index contributed by atoms with van der Waals surface area (Å²) in [6.07, 6.45) is 0. The molecule has 0 saturated heterocycles. The molecule has 0 atom stereocenters. The zero-order valence-corrected chi connectivity index (χ0v) is 10.7. The Morgan fingerprint density at radius 3 is 2.56 bits per heavy atom. The lowest BCUT2D eigenvalue weighted by Crippen LogP contribution is -2.14. The van der Waals surface area contributed by atoms with E-state index in [0.29, 0.717) is 21.1 Å². The summed E-state index contributed by atoms with van der Waals surface area (Å²) < 4.78 is 1.40. The maximum atomic E-state index is 12.2. The van der Waals surface area contributed by atoms with E-state index in [4.69, 9.17) is 23.2 Å². The van der Waals surface area contributed by atoms with Gasteiger partial charge in [0.25, 0.3) is 5.56 Å². The third-order valence-corrected chi connectivity index (χ3v) is 3.57. The molecule has 3 rings (SSSR count). The first kappa shape index (κ1) is 11.4. The summed E-state index contributed by atoms with van der Waals surface area (Å²) in [4.78, 5) is 12.2. The van der Waals surface area contributed by atoms with Crippen molar-refractivity contribution in [2.45, 2.75) is 0 Å². The van der Waals surface area contributed by atoms with Gasteiger partial charge in [-0.25, -0.2) is 4.68 Å². The molecule has 0 spiro atoms. The number of fused-ring (bicyclic) bond motifs is 1. The number of para-hydroxylation sites is 1. The number of hydrogen-bond acceptors (Lipinski definition) is 1. The summed E-state index contributed by atoms with van der Waals surface area (Å²) in [6.45, 7) is 0. The molecule has 0 aliphatic carbocycles. The SMILES string of the molecule is O=c1c2ccccc2[nH]n1-c1cccc(Cl)c1Cl. The zero-order valence-electron chi connectivity index (χ0n) is 9.15. The molecule has 0 saturated carbocycles. The van der Waals surface area contributed by atoms with Crippen molar-refractivity contribution >= 4 is 34.1 Å². The summed E-state index contributed by atoms with van der Waals surface area (Å²) in [6, 6.07) is 12.5. The van der Waals surface area contributed by atoms with Gasteiger partial charge in [0, 0.05) is 0 Å². The van der Waals surface area contributed by atoms with Crippen molar-refractivity contribution in [2.24, 2.45) is 0 Å². The predicted molar refractivity (Wildman–Crippen MR) is 73.9 cm³/mol. The fraction of sp³-hybridized carbons (Fsp3) is 0. The van der Waals surface area contributed by atoms with Gasteiger partial charge in [-0.3, -0.25) is 9.89 Å². The molecule has 0 aliphatic heterocycles. The summed E-state index contributed by atoms with van der Waals surface area (Å²) in [5, 5.41) is 4.40. The Balaban J connectivity index is 2.36. The second kappa shape index (κ2) is 4.19. The smallest absolute Gasteiger partial charge is 0.279 e. The van der Waals surface area contributed by atoms with Crippen LogP contribution < -0.4 is 5.56 Å². The van der Waals surface area contributed by atoms with Crippen LogP contribution in [0, 0.1) is 0 Å². The van der Waals surface area contributed by atoms with E-state index in [2.05, 4.69) is 5.10 Å². The highest BCUT2D eigenvalue weighted by Gasteiger charge is 2.11. The Kier molecular flexibility index (Phi) is 2.65. The van der Waals surface area contributed by atoms with Gasteiger partial charge in [0.15, 0.2) is 0 Å². The molecule has 18 heavy (non-hydrogen) atoms. The molecular weight excluding hydrogens is 271 g/mol. The molecule has 1 aromatic heterocycles. The molecule has 5 heteroatoms. The lowest BCUT2D eigenvalue weighted by molar-refractivity contribution is 0.864. The second-order valence-electron chi connectivity index (χ2n) is 3.87. The van der Waals surface area contributed by atoms with E-state index in [1.807, 2.05) is 18.2 Å². The van der Waals surface area contributed by atoms with Crippen LogP contribution in [0.15, 0.2) is 47.3 Å². The monoisotopic (exact) mass is 278 g/mol. The minimum Gasteiger partial charge on any atom is -0.290 e. The molecule has 0 bridgehead atoms. The van der Waals surface area contributed by atoms with Gasteiger partial charge in [0.2, 0.25) is 0 Å². The van der Waals surface area contributed by atoms with E-state index >= 15 is 0 Å². The molecule has 0 aliphatic rings. The number of aromatic amines is 1. The number of rotatable bonds is 1. The Labute approximate surface area is 113 Å². The number of nitrogens with zero attached hydrogens (tertiary/aromatic N) is 1. The fourth-order valence-corrected chi connectivity index (χ4v) is 2.27. The van der Waals surface area contributed by atoms with E-state index < -0.39 is 0 Å². The molecule has 1 heterocycles. The van der Waals surface area contributed by atoms with Gasteiger partial charge in [0.05, 0.1) is 26.6 Å². The van der Waals surface area contributed by atoms with Gasteiger partial charge in [-0.05, 0) is 24.3 Å². The molecule has 0 fully saturated rings. The molecule has 90 valence electrons. The number of aromatic nitrogens is 2. The van der Waals surface area contributed by atoms with Crippen molar-refractivity contribution in [3.8, 4) is 5.69 Å². The highest BCUT2D eigenvalue weighted by atomic mass is 35.5. The largest absolute Gasteiger partial charge is 0.290 e. The number of hydrogen-bond donors (Lipinski definition) is 1. The standard InChI is InChI=1S/C13H8Cl2N2O/c14-9-5-3-7-11(12(9)15)17-13(18)8-4-1-2-6-10(8)16-17/h1-7,16H. The molecule has 3 nitrogen and oxygen atoms in total. The molecule has 0 radical (unpaired) electrons. The van der Waals surface area contributed by atoms with Crippen LogP contribution in [0.3, 0.4) is 0 Å². The average Bonchev–Trinajstić information content (AvgIpc) is 2.71. The van der Waals surface area contributed by atoms with E-state index in [9.17, 15) is 4.79 Å². The Bertz CT molecular complexity index is 789. The van der Waals surface area contributed by atoms with Crippen molar-refractivity contribution in [1.29, 1.82) is 0 Å².